The number of carboxylic acid groups (broad SMARTS) is 1. The molecule has 1 heterocycles. The minimum Gasteiger partial charge on any atom is -0.494 e. The van der Waals surface area contributed by atoms with Gasteiger partial charge in [0.05, 0.1) is 24.9 Å². The number of halogens is 1. The predicted molar refractivity (Wildman–Crippen MR) is 71.5 cm³/mol. The van der Waals surface area contributed by atoms with E-state index in [1.54, 1.807) is 18.2 Å². The molecule has 0 bridgehead atoms. The highest BCUT2D eigenvalue weighted by molar-refractivity contribution is 5.87. The van der Waals surface area contributed by atoms with Gasteiger partial charge in [0.1, 0.15) is 0 Å². The van der Waals surface area contributed by atoms with Crippen molar-refractivity contribution in [2.75, 3.05) is 12.4 Å². The minimum atomic E-state index is -1.01. The van der Waals surface area contributed by atoms with Crippen molar-refractivity contribution < 1.29 is 19.0 Å². The van der Waals surface area contributed by atoms with Gasteiger partial charge >= 0.3 is 5.97 Å². The van der Waals surface area contributed by atoms with Crippen LogP contribution in [-0.4, -0.2) is 23.2 Å². The van der Waals surface area contributed by atoms with Crippen molar-refractivity contribution in [1.29, 1.82) is 0 Å². The monoisotopic (exact) mass is 276 g/mol. The molecule has 2 rings (SSSR count). The number of aromatic carboxylic acids is 1. The molecular formula is C14H13FN2O3. The molecule has 2 aromatic rings. The molecule has 5 nitrogen and oxygen atoms in total. The van der Waals surface area contributed by atoms with Crippen molar-refractivity contribution in [2.45, 2.75) is 6.54 Å². The SMILES string of the molecule is COc1cc(NCc2ccc(C(=O)O)cn2)ccc1F. The molecule has 0 unspecified atom stereocenters. The summed E-state index contributed by atoms with van der Waals surface area (Å²) < 4.78 is 18.1. The smallest absolute Gasteiger partial charge is 0.337 e. The molecule has 2 N–H and O–H groups in total. The van der Waals surface area contributed by atoms with E-state index >= 15 is 0 Å². The molecule has 0 spiro atoms. The van der Waals surface area contributed by atoms with Gasteiger partial charge in [0.2, 0.25) is 0 Å². The van der Waals surface area contributed by atoms with E-state index in [1.165, 1.54) is 25.4 Å². The number of ether oxygens (including phenoxy) is 1. The third-order valence-electron chi connectivity index (χ3n) is 2.70. The zero-order valence-electron chi connectivity index (χ0n) is 10.8. The molecule has 0 saturated heterocycles. The van der Waals surface area contributed by atoms with Gasteiger partial charge in [0.15, 0.2) is 11.6 Å². The molecule has 104 valence electrons. The summed E-state index contributed by atoms with van der Waals surface area (Å²) in [5, 5.41) is 11.8. The lowest BCUT2D eigenvalue weighted by atomic mass is 10.2. The number of pyridine rings is 1. The molecule has 0 saturated carbocycles. The van der Waals surface area contributed by atoms with Crippen LogP contribution in [0.1, 0.15) is 16.1 Å². The van der Waals surface area contributed by atoms with E-state index in [9.17, 15) is 9.18 Å². The van der Waals surface area contributed by atoms with Crippen molar-refractivity contribution in [3.8, 4) is 5.75 Å². The Bertz CT molecular complexity index is 614. The number of hydrogen-bond donors (Lipinski definition) is 2. The lowest BCUT2D eigenvalue weighted by molar-refractivity contribution is 0.0696. The molecule has 0 aliphatic heterocycles. The first-order valence-corrected chi connectivity index (χ1v) is 5.86. The van der Waals surface area contributed by atoms with Crippen molar-refractivity contribution in [3.63, 3.8) is 0 Å². The van der Waals surface area contributed by atoms with Crippen LogP contribution in [0.3, 0.4) is 0 Å². The summed E-state index contributed by atoms with van der Waals surface area (Å²) in [5.74, 6) is -1.29. The maximum atomic E-state index is 13.2. The van der Waals surface area contributed by atoms with Gasteiger partial charge < -0.3 is 15.2 Å². The molecule has 6 heteroatoms. The van der Waals surface area contributed by atoms with E-state index < -0.39 is 11.8 Å². The Morgan fingerprint density at radius 3 is 2.80 bits per heavy atom. The molecule has 0 aliphatic carbocycles. The number of hydrogen-bond acceptors (Lipinski definition) is 4. The van der Waals surface area contributed by atoms with Gasteiger partial charge in [0.25, 0.3) is 0 Å². The number of methoxy groups -OCH3 is 1. The third kappa shape index (κ3) is 3.23. The Labute approximate surface area is 115 Å². The fraction of sp³-hybridized carbons (Fsp3) is 0.143. The number of anilines is 1. The van der Waals surface area contributed by atoms with Crippen molar-refractivity contribution in [2.24, 2.45) is 0 Å². The van der Waals surface area contributed by atoms with Gasteiger partial charge in [-0.1, -0.05) is 0 Å². The Morgan fingerprint density at radius 1 is 1.40 bits per heavy atom. The third-order valence-corrected chi connectivity index (χ3v) is 2.70. The van der Waals surface area contributed by atoms with Gasteiger partial charge in [-0.15, -0.1) is 0 Å². The lowest BCUT2D eigenvalue weighted by Crippen LogP contribution is -2.04. The summed E-state index contributed by atoms with van der Waals surface area (Å²) in [6.07, 6.45) is 1.30. The largest absolute Gasteiger partial charge is 0.494 e. The van der Waals surface area contributed by atoms with E-state index in [0.29, 0.717) is 17.9 Å². The van der Waals surface area contributed by atoms with Crippen LogP contribution in [0.2, 0.25) is 0 Å². The van der Waals surface area contributed by atoms with Crippen LogP contribution in [0.5, 0.6) is 5.75 Å². The number of rotatable bonds is 5. The van der Waals surface area contributed by atoms with Crippen LogP contribution >= 0.6 is 0 Å². The minimum absolute atomic E-state index is 0.136. The summed E-state index contributed by atoms with van der Waals surface area (Å²) in [6, 6.07) is 7.54. The molecule has 0 fully saturated rings. The summed E-state index contributed by atoms with van der Waals surface area (Å²) in [7, 11) is 1.40. The second kappa shape index (κ2) is 6.01. The molecule has 0 aliphatic rings. The molecule has 20 heavy (non-hydrogen) atoms. The second-order valence-electron chi connectivity index (χ2n) is 4.05. The zero-order chi connectivity index (χ0) is 14.5. The van der Waals surface area contributed by atoms with Crippen LogP contribution in [0.4, 0.5) is 10.1 Å². The van der Waals surface area contributed by atoms with E-state index in [2.05, 4.69) is 10.3 Å². The number of nitrogens with zero attached hydrogens (tertiary/aromatic N) is 1. The molecule has 0 amide bonds. The Kier molecular flexibility index (Phi) is 4.14. The molecular weight excluding hydrogens is 263 g/mol. The van der Waals surface area contributed by atoms with E-state index in [1.807, 2.05) is 0 Å². The highest BCUT2D eigenvalue weighted by atomic mass is 19.1. The van der Waals surface area contributed by atoms with Gasteiger partial charge in [-0.3, -0.25) is 4.98 Å². The fourth-order valence-electron chi connectivity index (χ4n) is 1.62. The summed E-state index contributed by atoms with van der Waals surface area (Å²) in [5.41, 5.74) is 1.50. The number of carboxylic acids is 1. The van der Waals surface area contributed by atoms with Gasteiger partial charge in [0, 0.05) is 18.0 Å². The van der Waals surface area contributed by atoms with Crippen molar-refractivity contribution in [3.05, 3.63) is 53.6 Å². The fourth-order valence-corrected chi connectivity index (χ4v) is 1.62. The highest BCUT2D eigenvalue weighted by Crippen LogP contribution is 2.21. The molecule has 1 aromatic heterocycles. The summed E-state index contributed by atoms with van der Waals surface area (Å²) in [6.45, 7) is 0.398. The topological polar surface area (TPSA) is 71.5 Å². The van der Waals surface area contributed by atoms with Crippen molar-refractivity contribution in [1.82, 2.24) is 4.98 Å². The Hall–Kier alpha value is -2.63. The van der Waals surface area contributed by atoms with Gasteiger partial charge in [-0.2, -0.15) is 0 Å². The first kappa shape index (κ1) is 13.8. The van der Waals surface area contributed by atoms with E-state index in [0.717, 1.165) is 0 Å². The first-order valence-electron chi connectivity index (χ1n) is 5.86. The van der Waals surface area contributed by atoms with E-state index in [4.69, 9.17) is 9.84 Å². The first-order chi connectivity index (χ1) is 9.60. The lowest BCUT2D eigenvalue weighted by Gasteiger charge is -2.08. The number of nitrogens with one attached hydrogen (secondary N) is 1. The van der Waals surface area contributed by atoms with Crippen LogP contribution in [0.15, 0.2) is 36.5 Å². The molecule has 0 atom stereocenters. The molecule has 0 radical (unpaired) electrons. The van der Waals surface area contributed by atoms with Crippen LogP contribution in [0.25, 0.3) is 0 Å². The maximum Gasteiger partial charge on any atom is 0.337 e. The van der Waals surface area contributed by atoms with Crippen LogP contribution in [0, 0.1) is 5.82 Å². The standard InChI is InChI=1S/C14H13FN2O3/c1-20-13-6-10(4-5-12(13)15)17-8-11-3-2-9(7-16-11)14(18)19/h2-7,17H,8H2,1H3,(H,18,19). The van der Waals surface area contributed by atoms with Crippen molar-refractivity contribution >= 4 is 11.7 Å². The normalized spacial score (nSPS) is 10.1. The van der Waals surface area contributed by atoms with E-state index in [-0.39, 0.29) is 11.3 Å². The number of benzene rings is 1. The van der Waals surface area contributed by atoms with Crippen LogP contribution < -0.4 is 10.1 Å². The zero-order valence-corrected chi connectivity index (χ0v) is 10.8. The van der Waals surface area contributed by atoms with Gasteiger partial charge in [-0.25, -0.2) is 9.18 Å². The van der Waals surface area contributed by atoms with Crippen LogP contribution in [-0.2, 0) is 6.54 Å². The summed E-state index contributed by atoms with van der Waals surface area (Å²) >= 11 is 0. The average molecular weight is 276 g/mol. The average Bonchev–Trinajstić information content (AvgIpc) is 2.46. The second-order valence-corrected chi connectivity index (χ2v) is 4.05. The Balaban J connectivity index is 2.03. The predicted octanol–water partition coefficient (Wildman–Crippen LogP) is 2.54. The maximum absolute atomic E-state index is 13.2. The number of aromatic nitrogens is 1. The summed E-state index contributed by atoms with van der Waals surface area (Å²) in [4.78, 5) is 14.7. The molecule has 1 aromatic carbocycles. The number of carbonyl (C=O) groups is 1. The highest BCUT2D eigenvalue weighted by Gasteiger charge is 2.05. The Morgan fingerprint density at radius 2 is 2.20 bits per heavy atom. The van der Waals surface area contributed by atoms with Gasteiger partial charge in [-0.05, 0) is 24.3 Å². The quantitative estimate of drug-likeness (QED) is 0.878.